The summed E-state index contributed by atoms with van der Waals surface area (Å²) in [7, 11) is 3.55. The Hall–Kier alpha value is -1.72. The summed E-state index contributed by atoms with van der Waals surface area (Å²) in [6.07, 6.45) is 2.94. The van der Waals surface area contributed by atoms with Crippen LogP contribution >= 0.6 is 23.2 Å². The summed E-state index contributed by atoms with van der Waals surface area (Å²) in [5, 5.41) is 4.97. The quantitative estimate of drug-likeness (QED) is 0.839. The van der Waals surface area contributed by atoms with Gasteiger partial charge in [-0.15, -0.1) is 0 Å². The first-order valence-electron chi connectivity index (χ1n) is 6.71. The molecule has 0 aliphatic rings. The molecule has 0 bridgehead atoms. The van der Waals surface area contributed by atoms with Gasteiger partial charge >= 0.3 is 0 Å². The van der Waals surface area contributed by atoms with E-state index in [0.29, 0.717) is 22.3 Å². The van der Waals surface area contributed by atoms with Gasteiger partial charge in [0.2, 0.25) is 0 Å². The van der Waals surface area contributed by atoms with E-state index in [0.717, 1.165) is 5.56 Å². The number of likely N-dealkylation sites (N-methyl/N-ethyl adjacent to an activating group) is 1. The molecule has 2 rings (SSSR count). The molecule has 2 aromatic rings. The van der Waals surface area contributed by atoms with Crippen molar-refractivity contribution in [2.75, 3.05) is 7.05 Å². The molecule has 22 heavy (non-hydrogen) atoms. The highest BCUT2D eigenvalue weighted by Crippen LogP contribution is 2.28. The van der Waals surface area contributed by atoms with Crippen molar-refractivity contribution in [3.8, 4) is 5.75 Å². The maximum absolute atomic E-state index is 12.3. The van der Waals surface area contributed by atoms with Crippen LogP contribution in [0.25, 0.3) is 0 Å². The zero-order chi connectivity index (χ0) is 16.3. The molecule has 0 N–H and O–H groups in total. The van der Waals surface area contributed by atoms with Gasteiger partial charge in [0.25, 0.3) is 5.91 Å². The highest BCUT2D eigenvalue weighted by molar-refractivity contribution is 6.35. The van der Waals surface area contributed by atoms with Gasteiger partial charge in [0.05, 0.1) is 11.2 Å². The first-order chi connectivity index (χ1) is 10.4. The zero-order valence-electron chi connectivity index (χ0n) is 12.6. The van der Waals surface area contributed by atoms with Gasteiger partial charge in [-0.3, -0.25) is 9.48 Å². The summed E-state index contributed by atoms with van der Waals surface area (Å²) < 4.78 is 7.32. The van der Waals surface area contributed by atoms with Gasteiger partial charge in [0, 0.05) is 37.4 Å². The average molecular weight is 342 g/mol. The van der Waals surface area contributed by atoms with Crippen LogP contribution in [0.5, 0.6) is 5.75 Å². The van der Waals surface area contributed by atoms with E-state index in [9.17, 15) is 4.79 Å². The van der Waals surface area contributed by atoms with E-state index < -0.39 is 6.10 Å². The molecule has 5 nitrogen and oxygen atoms in total. The number of carbonyl (C=O) groups is 1. The molecule has 0 saturated heterocycles. The van der Waals surface area contributed by atoms with Crippen LogP contribution in [0.3, 0.4) is 0 Å². The van der Waals surface area contributed by atoms with Gasteiger partial charge in [-0.05, 0) is 25.1 Å². The van der Waals surface area contributed by atoms with E-state index in [1.165, 1.54) is 0 Å². The van der Waals surface area contributed by atoms with Crippen LogP contribution < -0.4 is 4.74 Å². The molecular formula is C15H17Cl2N3O2. The lowest BCUT2D eigenvalue weighted by Gasteiger charge is -2.22. The highest BCUT2D eigenvalue weighted by Gasteiger charge is 2.20. The Kier molecular flexibility index (Phi) is 5.32. The Morgan fingerprint density at radius 1 is 1.45 bits per heavy atom. The van der Waals surface area contributed by atoms with E-state index in [1.54, 1.807) is 47.9 Å². The van der Waals surface area contributed by atoms with E-state index in [1.807, 2.05) is 13.2 Å². The van der Waals surface area contributed by atoms with Crippen molar-refractivity contribution in [3.05, 3.63) is 46.2 Å². The minimum Gasteiger partial charge on any atom is -0.479 e. The second kappa shape index (κ2) is 7.03. The number of ether oxygens (including phenoxy) is 1. The lowest BCUT2D eigenvalue weighted by Crippen LogP contribution is -2.37. The summed E-state index contributed by atoms with van der Waals surface area (Å²) in [5.41, 5.74) is 0.954. The summed E-state index contributed by atoms with van der Waals surface area (Å²) in [6.45, 7) is 2.15. The van der Waals surface area contributed by atoms with Gasteiger partial charge in [-0.25, -0.2) is 0 Å². The summed E-state index contributed by atoms with van der Waals surface area (Å²) >= 11 is 11.9. The van der Waals surface area contributed by atoms with Crippen LogP contribution in [0.2, 0.25) is 10.0 Å². The largest absolute Gasteiger partial charge is 0.479 e. The molecule has 0 aliphatic heterocycles. The van der Waals surface area contributed by atoms with Gasteiger partial charge in [0.1, 0.15) is 5.75 Å². The maximum Gasteiger partial charge on any atom is 0.263 e. The third kappa shape index (κ3) is 4.15. The molecule has 0 saturated carbocycles. The Morgan fingerprint density at radius 3 is 2.77 bits per heavy atom. The molecule has 1 aromatic carbocycles. The molecule has 7 heteroatoms. The van der Waals surface area contributed by atoms with E-state index in [4.69, 9.17) is 27.9 Å². The Balaban J connectivity index is 1.98. The summed E-state index contributed by atoms with van der Waals surface area (Å²) in [6, 6.07) is 4.89. The molecular weight excluding hydrogens is 325 g/mol. The molecule has 0 spiro atoms. The van der Waals surface area contributed by atoms with Crippen molar-refractivity contribution in [1.82, 2.24) is 14.7 Å². The van der Waals surface area contributed by atoms with Crippen molar-refractivity contribution in [2.24, 2.45) is 7.05 Å². The predicted octanol–water partition coefficient (Wildman–Crippen LogP) is 3.15. The number of rotatable bonds is 5. The monoisotopic (exact) mass is 341 g/mol. The maximum atomic E-state index is 12.3. The first-order valence-corrected chi connectivity index (χ1v) is 7.46. The first kappa shape index (κ1) is 16.6. The summed E-state index contributed by atoms with van der Waals surface area (Å²) in [4.78, 5) is 13.9. The Labute approximate surface area is 139 Å². The van der Waals surface area contributed by atoms with E-state index in [2.05, 4.69) is 5.10 Å². The van der Waals surface area contributed by atoms with E-state index >= 15 is 0 Å². The second-order valence-corrected chi connectivity index (χ2v) is 5.90. The van der Waals surface area contributed by atoms with Crippen molar-refractivity contribution < 1.29 is 9.53 Å². The highest BCUT2D eigenvalue weighted by atomic mass is 35.5. The lowest BCUT2D eigenvalue weighted by atomic mass is 10.3. The molecule has 0 radical (unpaired) electrons. The van der Waals surface area contributed by atoms with Crippen molar-refractivity contribution in [1.29, 1.82) is 0 Å². The molecule has 0 fully saturated rings. The molecule has 0 aliphatic carbocycles. The fraction of sp³-hybridized carbons (Fsp3) is 0.333. The SMILES string of the molecule is C[C@@H](Oc1ccc(Cl)cc1Cl)C(=O)N(C)Cc1cnn(C)c1. The second-order valence-electron chi connectivity index (χ2n) is 5.05. The molecule has 1 amide bonds. The summed E-state index contributed by atoms with van der Waals surface area (Å²) in [5.74, 6) is 0.288. The van der Waals surface area contributed by atoms with Crippen LogP contribution in [0.4, 0.5) is 0 Å². The minimum atomic E-state index is -0.652. The number of hydrogen-bond donors (Lipinski definition) is 0. The average Bonchev–Trinajstić information content (AvgIpc) is 2.86. The number of aryl methyl sites for hydroxylation is 1. The van der Waals surface area contributed by atoms with E-state index in [-0.39, 0.29) is 5.91 Å². The van der Waals surface area contributed by atoms with Crippen LogP contribution in [0.1, 0.15) is 12.5 Å². The van der Waals surface area contributed by atoms with Crippen molar-refractivity contribution in [3.63, 3.8) is 0 Å². The third-order valence-electron chi connectivity index (χ3n) is 3.10. The van der Waals surface area contributed by atoms with Gasteiger partial charge in [-0.1, -0.05) is 23.2 Å². The number of amides is 1. The molecule has 1 heterocycles. The number of benzene rings is 1. The van der Waals surface area contributed by atoms with Crippen LogP contribution in [0, 0.1) is 0 Å². The van der Waals surface area contributed by atoms with Crippen LogP contribution in [-0.2, 0) is 18.4 Å². The number of nitrogens with zero attached hydrogens (tertiary/aromatic N) is 3. The minimum absolute atomic E-state index is 0.144. The molecule has 118 valence electrons. The number of aromatic nitrogens is 2. The fourth-order valence-corrected chi connectivity index (χ4v) is 2.48. The zero-order valence-corrected chi connectivity index (χ0v) is 14.1. The topological polar surface area (TPSA) is 47.4 Å². The van der Waals surface area contributed by atoms with Crippen LogP contribution in [-0.4, -0.2) is 33.7 Å². The standard InChI is InChI=1S/C15H17Cl2N3O2/c1-10(22-14-5-4-12(16)6-13(14)17)15(21)19(2)8-11-7-18-20(3)9-11/h4-7,9-10H,8H2,1-3H3/t10-/m1/s1. The third-order valence-corrected chi connectivity index (χ3v) is 3.63. The predicted molar refractivity (Wildman–Crippen MR) is 86.2 cm³/mol. The van der Waals surface area contributed by atoms with Gasteiger partial charge in [0.15, 0.2) is 6.10 Å². The Bertz CT molecular complexity index is 673. The number of hydrogen-bond acceptors (Lipinski definition) is 3. The number of halogens is 2. The number of carbonyl (C=O) groups excluding carboxylic acids is 1. The molecule has 1 atom stereocenters. The van der Waals surface area contributed by atoms with Gasteiger partial charge < -0.3 is 9.64 Å². The van der Waals surface area contributed by atoms with Gasteiger partial charge in [-0.2, -0.15) is 5.10 Å². The molecule has 1 aromatic heterocycles. The fourth-order valence-electron chi connectivity index (χ4n) is 2.03. The van der Waals surface area contributed by atoms with Crippen molar-refractivity contribution >= 4 is 29.1 Å². The smallest absolute Gasteiger partial charge is 0.263 e. The molecule has 0 unspecified atom stereocenters. The lowest BCUT2D eigenvalue weighted by molar-refractivity contribution is -0.137. The van der Waals surface area contributed by atoms with Crippen molar-refractivity contribution in [2.45, 2.75) is 19.6 Å². The normalized spacial score (nSPS) is 12.0. The Morgan fingerprint density at radius 2 is 2.18 bits per heavy atom. The van der Waals surface area contributed by atoms with Crippen LogP contribution in [0.15, 0.2) is 30.6 Å².